The molecule has 0 N–H and O–H groups in total. The van der Waals surface area contributed by atoms with E-state index < -0.39 is 0 Å². The zero-order valence-electron chi connectivity index (χ0n) is 21.6. The lowest BCUT2D eigenvalue weighted by atomic mass is 9.94. The summed E-state index contributed by atoms with van der Waals surface area (Å²) in [6.07, 6.45) is 5.67. The Morgan fingerprint density at radius 3 is 2.00 bits per heavy atom. The van der Waals surface area contributed by atoms with E-state index in [2.05, 4.69) is 150 Å². The van der Waals surface area contributed by atoms with Crippen LogP contribution in [-0.2, 0) is 6.42 Å². The van der Waals surface area contributed by atoms with Crippen LogP contribution in [0.5, 0.6) is 0 Å². The molecule has 7 aromatic rings. The van der Waals surface area contributed by atoms with Crippen molar-refractivity contribution >= 4 is 38.7 Å². The largest absolute Gasteiger partial charge is 0.333 e. The van der Waals surface area contributed by atoms with Crippen molar-refractivity contribution in [2.45, 2.75) is 12.5 Å². The lowest BCUT2D eigenvalue weighted by Crippen LogP contribution is -2.12. The average Bonchev–Trinajstić information content (AvgIpc) is 3.34. The van der Waals surface area contributed by atoms with Crippen molar-refractivity contribution in [2.24, 2.45) is 0 Å². The molecule has 184 valence electrons. The third-order valence-corrected chi connectivity index (χ3v) is 8.32. The number of fused-ring (bicyclic) bond motifs is 5. The van der Waals surface area contributed by atoms with Gasteiger partial charge in [-0.1, -0.05) is 121 Å². The molecule has 1 atom stereocenters. The number of hydrogen-bond donors (Lipinski definition) is 0. The Hall–Kier alpha value is -4.88. The maximum absolute atomic E-state index is 2.53. The van der Waals surface area contributed by atoms with Gasteiger partial charge in [0, 0.05) is 21.8 Å². The Morgan fingerprint density at radius 2 is 1.13 bits per heavy atom. The van der Waals surface area contributed by atoms with Crippen LogP contribution in [0.25, 0.3) is 60.9 Å². The van der Waals surface area contributed by atoms with Crippen molar-refractivity contribution in [1.29, 1.82) is 0 Å². The van der Waals surface area contributed by atoms with Gasteiger partial charge in [0.05, 0.1) is 6.04 Å². The van der Waals surface area contributed by atoms with Gasteiger partial charge in [-0.05, 0) is 74.8 Å². The van der Waals surface area contributed by atoms with Gasteiger partial charge in [0.2, 0.25) is 0 Å². The quantitative estimate of drug-likeness (QED) is 0.229. The first kappa shape index (κ1) is 22.1. The van der Waals surface area contributed by atoms with E-state index in [4.69, 9.17) is 0 Å². The molecule has 1 aliphatic rings. The van der Waals surface area contributed by atoms with Crippen LogP contribution in [0.3, 0.4) is 0 Å². The molecule has 0 bridgehead atoms. The molecule has 0 amide bonds. The van der Waals surface area contributed by atoms with Crippen molar-refractivity contribution in [3.63, 3.8) is 0 Å². The Kier molecular flexibility index (Phi) is 5.03. The molecule has 0 fully saturated rings. The van der Waals surface area contributed by atoms with Gasteiger partial charge in [-0.2, -0.15) is 0 Å². The summed E-state index contributed by atoms with van der Waals surface area (Å²) in [5.41, 5.74) is 10.3. The molecule has 0 aliphatic heterocycles. The van der Waals surface area contributed by atoms with E-state index in [0.29, 0.717) is 6.04 Å². The minimum atomic E-state index is 0.300. The first-order chi connectivity index (χ1) is 19.3. The average molecular weight is 498 g/mol. The highest BCUT2D eigenvalue weighted by Crippen LogP contribution is 2.38. The molecule has 1 nitrogen and oxygen atoms in total. The van der Waals surface area contributed by atoms with Gasteiger partial charge >= 0.3 is 0 Å². The van der Waals surface area contributed by atoms with E-state index in [-0.39, 0.29) is 0 Å². The summed E-state index contributed by atoms with van der Waals surface area (Å²) in [4.78, 5) is 0. The Balaban J connectivity index is 1.19. The van der Waals surface area contributed by atoms with Gasteiger partial charge in [0.15, 0.2) is 0 Å². The van der Waals surface area contributed by atoms with Gasteiger partial charge in [0.1, 0.15) is 0 Å². The van der Waals surface area contributed by atoms with Gasteiger partial charge in [0.25, 0.3) is 0 Å². The molecule has 1 aromatic heterocycles. The first-order valence-electron chi connectivity index (χ1n) is 13.7. The molecule has 0 saturated carbocycles. The number of nitrogens with zero attached hydrogens (tertiary/aromatic N) is 1. The summed E-state index contributed by atoms with van der Waals surface area (Å²) in [5, 5.41) is 5.18. The normalized spacial score (nSPS) is 14.7. The summed E-state index contributed by atoms with van der Waals surface area (Å²) in [5.74, 6) is 0. The zero-order chi connectivity index (χ0) is 25.8. The van der Waals surface area contributed by atoms with E-state index >= 15 is 0 Å². The van der Waals surface area contributed by atoms with E-state index in [1.165, 1.54) is 66.0 Å². The van der Waals surface area contributed by atoms with Crippen LogP contribution in [0.1, 0.15) is 17.2 Å². The highest BCUT2D eigenvalue weighted by atomic mass is 15.0. The van der Waals surface area contributed by atoms with Gasteiger partial charge in [-0.25, -0.2) is 0 Å². The number of para-hydroxylation sites is 1. The number of allylic oxidation sites excluding steroid dienone is 1. The van der Waals surface area contributed by atoms with E-state index in [0.717, 1.165) is 6.42 Å². The summed E-state index contributed by atoms with van der Waals surface area (Å²) >= 11 is 0. The fourth-order valence-corrected chi connectivity index (χ4v) is 6.33. The summed E-state index contributed by atoms with van der Waals surface area (Å²) in [7, 11) is 0. The third-order valence-electron chi connectivity index (χ3n) is 8.32. The smallest absolute Gasteiger partial charge is 0.0566 e. The second kappa shape index (κ2) is 8.85. The van der Waals surface area contributed by atoms with Crippen LogP contribution >= 0.6 is 0 Å². The molecule has 1 unspecified atom stereocenters. The highest BCUT2D eigenvalue weighted by molar-refractivity contribution is 6.09. The number of hydrogen-bond acceptors (Lipinski definition) is 0. The van der Waals surface area contributed by atoms with Crippen molar-refractivity contribution in [3.05, 3.63) is 151 Å². The minimum Gasteiger partial charge on any atom is -0.333 e. The third kappa shape index (κ3) is 3.70. The lowest BCUT2D eigenvalue weighted by molar-refractivity contribution is 0.635. The number of benzene rings is 6. The fraction of sp³-hybridized carbons (Fsp3) is 0.0526. The summed E-state index contributed by atoms with van der Waals surface area (Å²) < 4.78 is 2.53. The maximum atomic E-state index is 2.53. The molecule has 0 spiro atoms. The molecule has 0 radical (unpaired) electrons. The first-order valence-corrected chi connectivity index (χ1v) is 13.7. The minimum absolute atomic E-state index is 0.300. The predicted molar refractivity (Wildman–Crippen MR) is 166 cm³/mol. The van der Waals surface area contributed by atoms with Crippen LogP contribution in [0.4, 0.5) is 0 Å². The zero-order valence-corrected chi connectivity index (χ0v) is 21.6. The maximum Gasteiger partial charge on any atom is 0.0566 e. The van der Waals surface area contributed by atoms with Crippen molar-refractivity contribution in [3.8, 4) is 22.3 Å². The summed E-state index contributed by atoms with van der Waals surface area (Å²) in [6, 6.07) is 49.1. The molecular formula is C38H27N. The van der Waals surface area contributed by atoms with Gasteiger partial charge < -0.3 is 4.57 Å². The van der Waals surface area contributed by atoms with Crippen LogP contribution in [0.15, 0.2) is 140 Å². The molecule has 0 saturated heterocycles. The van der Waals surface area contributed by atoms with E-state index in [1.54, 1.807) is 0 Å². The molecule has 1 heterocycles. The lowest BCUT2D eigenvalue weighted by Gasteiger charge is -2.23. The second-order valence-corrected chi connectivity index (χ2v) is 10.6. The van der Waals surface area contributed by atoms with Crippen LogP contribution in [-0.4, -0.2) is 4.57 Å². The monoisotopic (exact) mass is 497 g/mol. The topological polar surface area (TPSA) is 4.93 Å². The van der Waals surface area contributed by atoms with Crippen molar-refractivity contribution in [1.82, 2.24) is 4.57 Å². The van der Waals surface area contributed by atoms with Crippen LogP contribution < -0.4 is 0 Å². The van der Waals surface area contributed by atoms with Crippen LogP contribution in [0, 0.1) is 0 Å². The van der Waals surface area contributed by atoms with Crippen molar-refractivity contribution < 1.29 is 0 Å². The number of aromatic nitrogens is 1. The highest BCUT2D eigenvalue weighted by Gasteiger charge is 2.20. The molecule has 1 heteroatoms. The molecule has 8 rings (SSSR count). The second-order valence-electron chi connectivity index (χ2n) is 10.6. The van der Waals surface area contributed by atoms with Gasteiger partial charge in [-0.3, -0.25) is 0 Å². The Bertz CT molecular complexity index is 2040. The summed E-state index contributed by atoms with van der Waals surface area (Å²) in [6.45, 7) is 0. The van der Waals surface area contributed by atoms with Crippen LogP contribution in [0.2, 0.25) is 0 Å². The van der Waals surface area contributed by atoms with Crippen molar-refractivity contribution in [2.75, 3.05) is 0 Å². The Labute approximate surface area is 228 Å². The van der Waals surface area contributed by atoms with E-state index in [1.807, 2.05) is 0 Å². The number of rotatable bonds is 3. The molecular weight excluding hydrogens is 470 g/mol. The molecule has 39 heavy (non-hydrogen) atoms. The fourth-order valence-electron chi connectivity index (χ4n) is 6.33. The molecule has 1 aliphatic carbocycles. The SMILES string of the molecule is C1=CC(n2c3ccccc3c3cc(-c4ccc(-c5ccc6ccccc6c5)cc4)ccc32)Cc2ccccc21. The molecule has 6 aromatic carbocycles. The van der Waals surface area contributed by atoms with E-state index in [9.17, 15) is 0 Å². The Morgan fingerprint density at radius 1 is 0.487 bits per heavy atom. The predicted octanol–water partition coefficient (Wildman–Crippen LogP) is 10.1. The van der Waals surface area contributed by atoms with Gasteiger partial charge in [-0.15, -0.1) is 0 Å². The standard InChI is InChI=1S/C38H27N/c1-3-9-30-23-32(18-17-26(30)7-1)28-13-15-29(16-14-28)33-20-22-38-36(25-33)35-11-5-6-12-37(35)39(38)34-21-19-27-8-2-4-10-31(27)24-34/h1-23,25,34H,24H2.